The molecule has 3 aromatic carbocycles. The van der Waals surface area contributed by atoms with Crippen LogP contribution in [0.1, 0.15) is 56.0 Å². The van der Waals surface area contributed by atoms with Gasteiger partial charge >= 0.3 is 6.09 Å². The van der Waals surface area contributed by atoms with Gasteiger partial charge in [0.05, 0.1) is 0 Å². The first-order valence-corrected chi connectivity index (χ1v) is 13.4. The number of phenolic OH excluding ortho intramolecular Hbond substituents is 1. The Bertz CT molecular complexity index is 1400. The highest BCUT2D eigenvalue weighted by Crippen LogP contribution is 2.26. The lowest BCUT2D eigenvalue weighted by Crippen LogP contribution is -2.51. The van der Waals surface area contributed by atoms with Crippen LogP contribution in [-0.4, -0.2) is 39.6 Å². The number of carbonyl (C=O) groups excluding carboxylic acids is 3. The molecule has 3 amide bonds. The summed E-state index contributed by atoms with van der Waals surface area (Å²) in [6.45, 7) is 9.02. The number of nitrogens with one attached hydrogen (secondary N) is 2. The van der Waals surface area contributed by atoms with Crippen molar-refractivity contribution in [2.75, 3.05) is 5.32 Å². The zero-order valence-corrected chi connectivity index (χ0v) is 24.1. The van der Waals surface area contributed by atoms with E-state index < -0.39 is 35.6 Å². The molecule has 0 aliphatic rings. The lowest BCUT2D eigenvalue weighted by Gasteiger charge is -2.30. The molecule has 2 unspecified atom stereocenters. The Hall–Kier alpha value is -4.77. The Morgan fingerprint density at radius 1 is 0.976 bits per heavy atom. The maximum atomic E-state index is 14.1. The molecule has 0 bridgehead atoms. The molecule has 3 N–H and O–H groups in total. The van der Waals surface area contributed by atoms with Crippen LogP contribution in [0.2, 0.25) is 0 Å². The maximum Gasteiger partial charge on any atom is 0.408 e. The fourth-order valence-corrected chi connectivity index (χ4v) is 4.22. The van der Waals surface area contributed by atoms with Crippen LogP contribution < -0.4 is 10.6 Å². The monoisotopic (exact) mass is 555 g/mol. The molecule has 2 atom stereocenters. The highest BCUT2D eigenvalue weighted by molar-refractivity contribution is 6.00. The number of benzene rings is 3. The number of terminal acetylenes is 1. The van der Waals surface area contributed by atoms with Gasteiger partial charge in [0, 0.05) is 18.2 Å². The lowest BCUT2D eigenvalue weighted by molar-refractivity contribution is -0.136. The van der Waals surface area contributed by atoms with Crippen molar-refractivity contribution >= 4 is 23.6 Å². The number of aryl methyl sites for hydroxylation is 2. The Morgan fingerprint density at radius 3 is 2.15 bits per heavy atom. The summed E-state index contributed by atoms with van der Waals surface area (Å²) in [4.78, 5) is 41.7. The van der Waals surface area contributed by atoms with Gasteiger partial charge in [-0.3, -0.25) is 14.5 Å². The van der Waals surface area contributed by atoms with E-state index in [0.29, 0.717) is 16.8 Å². The van der Waals surface area contributed by atoms with Crippen LogP contribution in [-0.2, 0) is 27.2 Å². The van der Waals surface area contributed by atoms with Crippen LogP contribution in [0.25, 0.3) is 0 Å². The average molecular weight is 556 g/mol. The summed E-state index contributed by atoms with van der Waals surface area (Å²) < 4.78 is 5.41. The summed E-state index contributed by atoms with van der Waals surface area (Å²) in [6, 6.07) is 20.9. The van der Waals surface area contributed by atoms with Crippen LogP contribution >= 0.6 is 0 Å². The number of phenols is 1. The molecular weight excluding hydrogens is 518 g/mol. The maximum absolute atomic E-state index is 14.1. The van der Waals surface area contributed by atoms with Crippen molar-refractivity contribution in [3.63, 3.8) is 0 Å². The molecule has 0 fully saturated rings. The first kappa shape index (κ1) is 30.8. The van der Waals surface area contributed by atoms with Gasteiger partial charge in [0.1, 0.15) is 23.4 Å². The standard InChI is InChI=1S/C33H37N3O5/c1-7-23-13-17-25(18-14-23)29(30(38)34-27-12-10-9-11-22(27)3)36(8-2)31(39)28(35-32(40)41-33(4,5)6)21-24-15-19-26(37)20-16-24/h2,9-20,28-29,37H,7,21H2,1,3-6H3,(H,34,38)(H,35,40). The number of ether oxygens (including phenoxy) is 1. The second-order valence-corrected chi connectivity index (χ2v) is 10.7. The van der Waals surface area contributed by atoms with E-state index in [-0.39, 0.29) is 12.2 Å². The smallest absolute Gasteiger partial charge is 0.408 e. The highest BCUT2D eigenvalue weighted by Gasteiger charge is 2.36. The van der Waals surface area contributed by atoms with E-state index in [1.165, 1.54) is 12.1 Å². The fraction of sp³-hybridized carbons (Fsp3) is 0.303. The number of hydrogen-bond donors (Lipinski definition) is 3. The van der Waals surface area contributed by atoms with Crippen LogP contribution in [0.5, 0.6) is 5.75 Å². The molecular formula is C33H37N3O5. The molecule has 0 heterocycles. The number of aromatic hydroxyl groups is 1. The average Bonchev–Trinajstić information content (AvgIpc) is 2.92. The van der Waals surface area contributed by atoms with Gasteiger partial charge in [0.15, 0.2) is 0 Å². The number of hydrogen-bond acceptors (Lipinski definition) is 5. The van der Waals surface area contributed by atoms with Crippen LogP contribution in [0.3, 0.4) is 0 Å². The third-order valence-corrected chi connectivity index (χ3v) is 6.35. The summed E-state index contributed by atoms with van der Waals surface area (Å²) in [5.74, 6) is -1.11. The summed E-state index contributed by atoms with van der Waals surface area (Å²) in [7, 11) is 0. The number of carbonyl (C=O) groups is 3. The van der Waals surface area contributed by atoms with Gasteiger partial charge < -0.3 is 20.5 Å². The van der Waals surface area contributed by atoms with Crippen LogP contribution in [0.15, 0.2) is 72.8 Å². The minimum absolute atomic E-state index is 0.0391. The third-order valence-electron chi connectivity index (χ3n) is 6.35. The van der Waals surface area contributed by atoms with Gasteiger partial charge in [-0.05, 0) is 74.6 Å². The molecule has 0 aliphatic heterocycles. The second-order valence-electron chi connectivity index (χ2n) is 10.7. The quantitative estimate of drug-likeness (QED) is 0.239. The van der Waals surface area contributed by atoms with Gasteiger partial charge in [-0.1, -0.05) is 67.9 Å². The summed E-state index contributed by atoms with van der Waals surface area (Å²) in [5.41, 5.74) is 2.85. The van der Waals surface area contributed by atoms with Gasteiger partial charge in [0.2, 0.25) is 0 Å². The van der Waals surface area contributed by atoms with E-state index in [2.05, 4.69) is 16.7 Å². The molecule has 0 aromatic heterocycles. The molecule has 0 aliphatic carbocycles. The Kier molecular flexibility index (Phi) is 10.2. The van der Waals surface area contributed by atoms with E-state index in [1.807, 2.05) is 38.1 Å². The van der Waals surface area contributed by atoms with Crippen molar-refractivity contribution in [3.05, 3.63) is 95.1 Å². The molecule has 41 heavy (non-hydrogen) atoms. The summed E-state index contributed by atoms with van der Waals surface area (Å²) in [6.07, 6.45) is 5.94. The molecule has 8 nitrogen and oxygen atoms in total. The van der Waals surface area contributed by atoms with Crippen molar-refractivity contribution < 1.29 is 24.2 Å². The number of nitrogens with zero attached hydrogens (tertiary/aromatic N) is 1. The lowest BCUT2D eigenvalue weighted by atomic mass is 9.99. The number of alkyl carbamates (subject to hydrolysis) is 1. The minimum atomic E-state index is -1.19. The van der Waals surface area contributed by atoms with E-state index >= 15 is 0 Å². The Labute approximate surface area is 241 Å². The normalized spacial score (nSPS) is 12.4. The second kappa shape index (κ2) is 13.5. The topological polar surface area (TPSA) is 108 Å². The molecule has 214 valence electrons. The number of anilines is 1. The summed E-state index contributed by atoms with van der Waals surface area (Å²) in [5, 5.41) is 15.2. The van der Waals surface area contributed by atoms with E-state index in [1.54, 1.807) is 57.2 Å². The van der Waals surface area contributed by atoms with E-state index in [0.717, 1.165) is 22.4 Å². The van der Waals surface area contributed by atoms with Crippen LogP contribution in [0.4, 0.5) is 10.5 Å². The first-order chi connectivity index (χ1) is 19.4. The zero-order chi connectivity index (χ0) is 30.2. The van der Waals surface area contributed by atoms with Gasteiger partial charge in [-0.25, -0.2) is 4.79 Å². The highest BCUT2D eigenvalue weighted by atomic mass is 16.6. The van der Waals surface area contributed by atoms with Crippen molar-refractivity contribution in [2.24, 2.45) is 0 Å². The predicted octanol–water partition coefficient (Wildman–Crippen LogP) is 5.50. The Morgan fingerprint density at radius 2 is 1.59 bits per heavy atom. The zero-order valence-electron chi connectivity index (χ0n) is 24.1. The van der Waals surface area contributed by atoms with E-state index in [9.17, 15) is 19.5 Å². The molecule has 0 radical (unpaired) electrons. The predicted molar refractivity (Wildman–Crippen MR) is 159 cm³/mol. The number of rotatable bonds is 9. The minimum Gasteiger partial charge on any atom is -0.508 e. The van der Waals surface area contributed by atoms with Crippen molar-refractivity contribution in [2.45, 2.75) is 65.1 Å². The van der Waals surface area contributed by atoms with Crippen molar-refractivity contribution in [3.8, 4) is 18.2 Å². The Balaban J connectivity index is 2.02. The largest absolute Gasteiger partial charge is 0.508 e. The fourth-order valence-electron chi connectivity index (χ4n) is 4.22. The van der Waals surface area contributed by atoms with Crippen molar-refractivity contribution in [1.82, 2.24) is 10.2 Å². The molecule has 8 heteroatoms. The first-order valence-electron chi connectivity index (χ1n) is 13.4. The molecule has 0 saturated carbocycles. The number of amides is 3. The molecule has 0 spiro atoms. The third kappa shape index (κ3) is 8.61. The molecule has 3 rings (SSSR count). The van der Waals surface area contributed by atoms with E-state index in [4.69, 9.17) is 11.2 Å². The van der Waals surface area contributed by atoms with Gasteiger partial charge in [-0.15, -0.1) is 0 Å². The van der Waals surface area contributed by atoms with Crippen LogP contribution in [0, 0.1) is 19.4 Å². The molecule has 0 saturated heterocycles. The SMILES string of the molecule is C#CN(C(=O)C(Cc1ccc(O)cc1)NC(=O)OC(C)(C)C)C(C(=O)Nc1ccccc1C)c1ccc(CC)cc1. The van der Waals surface area contributed by atoms with Gasteiger partial charge in [0.25, 0.3) is 11.8 Å². The molecule has 3 aromatic rings. The van der Waals surface area contributed by atoms with Gasteiger partial charge in [-0.2, -0.15) is 0 Å². The summed E-state index contributed by atoms with van der Waals surface area (Å²) >= 11 is 0. The number of para-hydroxylation sites is 1. The van der Waals surface area contributed by atoms with Crippen molar-refractivity contribution in [1.29, 1.82) is 0 Å².